The molecule has 1 aliphatic rings. The zero-order valence-electron chi connectivity index (χ0n) is 17.0. The number of hydrogen-bond acceptors (Lipinski definition) is 9. The maximum atomic E-state index is 10.4. The molecule has 1 fully saturated rings. The van der Waals surface area contributed by atoms with E-state index in [2.05, 4.69) is 25.2 Å². The molecule has 164 valence electrons. The fourth-order valence-corrected chi connectivity index (χ4v) is 3.65. The van der Waals surface area contributed by atoms with Gasteiger partial charge in [-0.1, -0.05) is 17.3 Å². The molecule has 0 amide bonds. The maximum absolute atomic E-state index is 10.4. The summed E-state index contributed by atoms with van der Waals surface area (Å²) in [6.07, 6.45) is 2.16. The van der Waals surface area contributed by atoms with Gasteiger partial charge in [0.1, 0.15) is 24.4 Å². The molecule has 3 aromatic rings. The van der Waals surface area contributed by atoms with Gasteiger partial charge in [-0.3, -0.25) is 14.9 Å². The third kappa shape index (κ3) is 5.30. The molecule has 0 radical (unpaired) electrons. The minimum Gasteiger partial charge on any atom is -0.394 e. The minimum absolute atomic E-state index is 0.123. The van der Waals surface area contributed by atoms with Crippen molar-refractivity contribution in [3.05, 3.63) is 72.1 Å². The van der Waals surface area contributed by atoms with Crippen LogP contribution < -0.4 is 0 Å². The van der Waals surface area contributed by atoms with Crippen LogP contribution in [-0.4, -0.2) is 76.7 Å². The molecule has 4 heterocycles. The number of aliphatic hydroxyl groups is 3. The van der Waals surface area contributed by atoms with Crippen LogP contribution in [-0.2, 0) is 24.4 Å². The zero-order valence-corrected chi connectivity index (χ0v) is 17.0. The molecule has 0 saturated carbocycles. The smallest absolute Gasteiger partial charge is 0.110 e. The summed E-state index contributed by atoms with van der Waals surface area (Å²) in [4.78, 5) is 11.0. The number of rotatable bonds is 8. The molecule has 31 heavy (non-hydrogen) atoms. The lowest BCUT2D eigenvalue weighted by molar-refractivity contribution is -0.171. The van der Waals surface area contributed by atoms with Crippen molar-refractivity contribution in [3.63, 3.8) is 0 Å². The van der Waals surface area contributed by atoms with Crippen LogP contribution >= 0.6 is 0 Å². The molecular weight excluding hydrogens is 400 g/mol. The van der Waals surface area contributed by atoms with Crippen LogP contribution in [0.25, 0.3) is 0 Å². The molecule has 1 aliphatic heterocycles. The molecule has 4 rings (SSSR count). The molecule has 0 spiro atoms. The molecule has 0 aliphatic carbocycles. The van der Waals surface area contributed by atoms with Crippen molar-refractivity contribution in [2.24, 2.45) is 0 Å². The lowest BCUT2D eigenvalue weighted by Gasteiger charge is -2.36. The van der Waals surface area contributed by atoms with E-state index in [9.17, 15) is 15.3 Å². The van der Waals surface area contributed by atoms with Gasteiger partial charge in [-0.2, -0.15) is 0 Å². The predicted octanol–water partition coefficient (Wildman–Crippen LogP) is -0.0755. The van der Waals surface area contributed by atoms with Crippen LogP contribution in [0.4, 0.5) is 0 Å². The maximum Gasteiger partial charge on any atom is 0.110 e. The fourth-order valence-electron chi connectivity index (χ4n) is 3.65. The van der Waals surface area contributed by atoms with Crippen molar-refractivity contribution in [2.75, 3.05) is 13.2 Å². The van der Waals surface area contributed by atoms with Crippen LogP contribution in [0.3, 0.4) is 0 Å². The predicted molar refractivity (Wildman–Crippen MR) is 109 cm³/mol. The van der Waals surface area contributed by atoms with Gasteiger partial charge in [-0.05, 0) is 24.3 Å². The Kier molecular flexibility index (Phi) is 6.95. The first kappa shape index (κ1) is 21.5. The average Bonchev–Trinajstić information content (AvgIpc) is 3.25. The van der Waals surface area contributed by atoms with Crippen LogP contribution in [0.1, 0.15) is 23.1 Å². The summed E-state index contributed by atoms with van der Waals surface area (Å²) < 4.78 is 6.96. The largest absolute Gasteiger partial charge is 0.394 e. The summed E-state index contributed by atoms with van der Waals surface area (Å²) in [5.41, 5.74) is 2.57. The highest BCUT2D eigenvalue weighted by Gasteiger charge is 2.39. The van der Waals surface area contributed by atoms with E-state index in [1.807, 2.05) is 36.4 Å². The van der Waals surface area contributed by atoms with Crippen molar-refractivity contribution in [2.45, 2.75) is 44.0 Å². The molecule has 4 atom stereocenters. The number of ether oxygens (including phenoxy) is 1. The number of aromatic nitrogens is 5. The quantitative estimate of drug-likeness (QED) is 0.453. The second-order valence-electron chi connectivity index (χ2n) is 7.58. The van der Waals surface area contributed by atoms with Crippen LogP contribution in [0.15, 0.2) is 55.0 Å². The molecular formula is C21H26N6O4. The summed E-state index contributed by atoms with van der Waals surface area (Å²) in [5.74, 6) is 0. The minimum atomic E-state index is -1.19. The normalized spacial score (nSPS) is 23.9. The standard InChI is InChI=1S/C21H26N6O4/c28-13-19-21(30)20(29)18(14-31-19)27-12-17(24-25-27)11-26(9-15-5-1-3-7-22-15)10-16-6-2-4-8-23-16/h1-8,12,18-21,28-30H,9-11,13-14H2/t18?,19-,20-,21-/m1/s1. The van der Waals surface area contributed by atoms with Gasteiger partial charge in [-0.25, -0.2) is 4.68 Å². The van der Waals surface area contributed by atoms with Gasteiger partial charge in [-0.15, -0.1) is 5.10 Å². The van der Waals surface area contributed by atoms with E-state index in [-0.39, 0.29) is 13.2 Å². The second-order valence-corrected chi connectivity index (χ2v) is 7.58. The lowest BCUT2D eigenvalue weighted by atomic mass is 9.98. The van der Waals surface area contributed by atoms with E-state index in [0.29, 0.717) is 25.3 Å². The number of hydrogen-bond donors (Lipinski definition) is 3. The Hall–Kier alpha value is -2.76. The van der Waals surface area contributed by atoms with Gasteiger partial charge in [0, 0.05) is 32.0 Å². The van der Waals surface area contributed by atoms with Crippen molar-refractivity contribution >= 4 is 0 Å². The lowest BCUT2D eigenvalue weighted by Crippen LogP contribution is -2.52. The molecule has 10 nitrogen and oxygen atoms in total. The van der Waals surface area contributed by atoms with Crippen molar-refractivity contribution in [1.82, 2.24) is 29.9 Å². The van der Waals surface area contributed by atoms with Crippen molar-refractivity contribution in [3.8, 4) is 0 Å². The van der Waals surface area contributed by atoms with Crippen molar-refractivity contribution < 1.29 is 20.1 Å². The topological polar surface area (TPSA) is 130 Å². The summed E-state index contributed by atoms with van der Waals surface area (Å²) in [5, 5.41) is 38.2. The Morgan fingerprint density at radius 3 is 2.16 bits per heavy atom. The third-order valence-electron chi connectivity index (χ3n) is 5.29. The summed E-state index contributed by atoms with van der Waals surface area (Å²) in [6.45, 7) is 1.48. The Morgan fingerprint density at radius 1 is 0.935 bits per heavy atom. The molecule has 3 N–H and O–H groups in total. The van der Waals surface area contributed by atoms with Gasteiger partial charge in [0.15, 0.2) is 0 Å². The van der Waals surface area contributed by atoms with E-state index in [4.69, 9.17) is 4.74 Å². The monoisotopic (exact) mass is 426 g/mol. The first-order valence-corrected chi connectivity index (χ1v) is 10.2. The molecule has 0 aromatic carbocycles. The number of nitrogens with zero attached hydrogens (tertiary/aromatic N) is 6. The van der Waals surface area contributed by atoms with E-state index in [1.165, 1.54) is 4.68 Å². The first-order chi connectivity index (χ1) is 15.1. The number of aliphatic hydroxyl groups excluding tert-OH is 3. The van der Waals surface area contributed by atoms with Crippen LogP contribution in [0, 0.1) is 0 Å². The van der Waals surface area contributed by atoms with Gasteiger partial charge in [0.25, 0.3) is 0 Å². The molecule has 3 aromatic heterocycles. The number of pyridine rings is 2. The Labute approximate surface area is 179 Å². The van der Waals surface area contributed by atoms with E-state index in [0.717, 1.165) is 11.4 Å². The molecule has 0 bridgehead atoms. The van der Waals surface area contributed by atoms with Gasteiger partial charge >= 0.3 is 0 Å². The second kappa shape index (κ2) is 10.0. The highest BCUT2D eigenvalue weighted by molar-refractivity contribution is 5.07. The summed E-state index contributed by atoms with van der Waals surface area (Å²) in [6, 6.07) is 11.0. The van der Waals surface area contributed by atoms with Crippen LogP contribution in [0.2, 0.25) is 0 Å². The Bertz CT molecular complexity index is 900. The third-order valence-corrected chi connectivity index (χ3v) is 5.29. The van der Waals surface area contributed by atoms with Gasteiger partial charge in [0.2, 0.25) is 0 Å². The van der Waals surface area contributed by atoms with Crippen LogP contribution in [0.5, 0.6) is 0 Å². The molecule has 1 saturated heterocycles. The first-order valence-electron chi connectivity index (χ1n) is 10.2. The highest BCUT2D eigenvalue weighted by atomic mass is 16.5. The summed E-state index contributed by atoms with van der Waals surface area (Å²) in [7, 11) is 0. The van der Waals surface area contributed by atoms with Crippen molar-refractivity contribution in [1.29, 1.82) is 0 Å². The van der Waals surface area contributed by atoms with E-state index >= 15 is 0 Å². The zero-order chi connectivity index (χ0) is 21.6. The Morgan fingerprint density at radius 2 is 1.58 bits per heavy atom. The molecule has 1 unspecified atom stereocenters. The van der Waals surface area contributed by atoms with Gasteiger partial charge in [0.05, 0.1) is 36.5 Å². The highest BCUT2D eigenvalue weighted by Crippen LogP contribution is 2.24. The SMILES string of the molecule is OC[C@H]1OCC(n2cc(CN(Cc3ccccn3)Cc3ccccn3)nn2)[C@@H](O)[C@@H]1O. The molecule has 10 heteroatoms. The summed E-state index contributed by atoms with van der Waals surface area (Å²) >= 11 is 0. The van der Waals surface area contributed by atoms with Gasteiger partial charge < -0.3 is 20.1 Å². The fraction of sp³-hybridized carbons (Fsp3) is 0.429. The Balaban J connectivity index is 1.47. The van der Waals surface area contributed by atoms with E-state index < -0.39 is 24.4 Å². The van der Waals surface area contributed by atoms with E-state index in [1.54, 1.807) is 18.6 Å². The average molecular weight is 426 g/mol.